The second kappa shape index (κ2) is 9.99. The number of anilines is 1. The largest absolute Gasteiger partial charge is 0.447 e. The Morgan fingerprint density at radius 2 is 1.82 bits per heavy atom. The number of carbonyl (C=O) groups excluding carboxylic acids is 2. The molecular weight excluding hydrogens is 496 g/mol. The van der Waals surface area contributed by atoms with E-state index in [0.29, 0.717) is 10.7 Å². The van der Waals surface area contributed by atoms with Crippen molar-refractivity contribution in [2.75, 3.05) is 18.5 Å². The molecule has 2 N–H and O–H groups in total. The molecule has 2 aromatic heterocycles. The highest BCUT2D eigenvalue weighted by molar-refractivity contribution is 6.32. The molecule has 180 valence electrons. The van der Waals surface area contributed by atoms with Crippen LogP contribution in [0.25, 0.3) is 5.82 Å². The van der Waals surface area contributed by atoms with E-state index in [4.69, 9.17) is 11.6 Å². The summed E-state index contributed by atoms with van der Waals surface area (Å²) in [5.74, 6) is -5.49. The van der Waals surface area contributed by atoms with Crippen LogP contribution in [-0.4, -0.2) is 39.9 Å². The van der Waals surface area contributed by atoms with E-state index in [9.17, 15) is 35.9 Å². The number of halogens is 7. The lowest BCUT2D eigenvalue weighted by atomic mass is 10.2. The number of aromatic nitrogens is 3. The van der Waals surface area contributed by atoms with Crippen molar-refractivity contribution >= 4 is 29.3 Å². The highest BCUT2D eigenvalue weighted by Gasteiger charge is 2.39. The highest BCUT2D eigenvalue weighted by atomic mass is 35.5. The van der Waals surface area contributed by atoms with Crippen molar-refractivity contribution in [2.24, 2.45) is 0 Å². The van der Waals surface area contributed by atoms with E-state index in [0.717, 1.165) is 6.20 Å². The molecule has 0 bridgehead atoms. The Bertz CT molecular complexity index is 1230. The van der Waals surface area contributed by atoms with Crippen molar-refractivity contribution in [2.45, 2.75) is 6.18 Å². The molecule has 0 aliphatic rings. The van der Waals surface area contributed by atoms with Crippen LogP contribution in [0, 0.1) is 17.5 Å². The SMILES string of the molecule is O=C(Nc1cc(F)c(F)cc1F)OCCNC(=O)c1cn(-c2ncccc2Cl)nc1C(F)(F)F. The van der Waals surface area contributed by atoms with Gasteiger partial charge >= 0.3 is 12.3 Å². The molecular formula is C19H12ClF6N5O3. The minimum atomic E-state index is -4.98. The maximum Gasteiger partial charge on any atom is 0.435 e. The third kappa shape index (κ3) is 5.75. The van der Waals surface area contributed by atoms with Crippen molar-refractivity contribution in [3.05, 3.63) is 70.4 Å². The highest BCUT2D eigenvalue weighted by Crippen LogP contribution is 2.32. The molecule has 0 unspecified atom stereocenters. The summed E-state index contributed by atoms with van der Waals surface area (Å²) in [4.78, 5) is 27.8. The van der Waals surface area contributed by atoms with E-state index in [1.54, 1.807) is 0 Å². The van der Waals surface area contributed by atoms with Gasteiger partial charge in [0.05, 0.1) is 22.8 Å². The molecule has 15 heteroatoms. The van der Waals surface area contributed by atoms with Crippen molar-refractivity contribution in [3.8, 4) is 5.82 Å². The van der Waals surface area contributed by atoms with Gasteiger partial charge < -0.3 is 10.1 Å². The third-order valence-electron chi connectivity index (χ3n) is 4.05. The molecule has 2 amide bonds. The molecule has 0 atom stereocenters. The van der Waals surface area contributed by atoms with Crippen LogP contribution in [0.5, 0.6) is 0 Å². The van der Waals surface area contributed by atoms with Crippen molar-refractivity contribution in [1.29, 1.82) is 0 Å². The van der Waals surface area contributed by atoms with Crippen LogP contribution in [-0.2, 0) is 10.9 Å². The standard InChI is InChI=1S/C19H12ClF6N5O3/c20-10-2-1-3-27-16(10)31-8-9(15(30-31)19(24,25)26)17(32)28-4-5-34-18(33)29-14-7-12(22)11(21)6-13(14)23/h1-3,6-8H,4-5H2,(H,28,32)(H,29,33). The van der Waals surface area contributed by atoms with E-state index in [1.807, 2.05) is 5.32 Å². The van der Waals surface area contributed by atoms with Crippen LogP contribution in [0.3, 0.4) is 0 Å². The van der Waals surface area contributed by atoms with Crippen LogP contribution in [0.4, 0.5) is 36.8 Å². The fraction of sp³-hybridized carbons (Fsp3) is 0.158. The molecule has 0 saturated carbocycles. The number of carbonyl (C=O) groups is 2. The van der Waals surface area contributed by atoms with Gasteiger partial charge in [0.25, 0.3) is 5.91 Å². The van der Waals surface area contributed by atoms with Gasteiger partial charge in [-0.3, -0.25) is 10.1 Å². The molecule has 34 heavy (non-hydrogen) atoms. The van der Waals surface area contributed by atoms with Gasteiger partial charge in [0.2, 0.25) is 0 Å². The lowest BCUT2D eigenvalue weighted by Gasteiger charge is -2.09. The number of hydrogen-bond acceptors (Lipinski definition) is 5. The van der Waals surface area contributed by atoms with Crippen LogP contribution in [0.2, 0.25) is 5.02 Å². The Morgan fingerprint density at radius 3 is 2.50 bits per heavy atom. The number of nitrogens with one attached hydrogen (secondary N) is 2. The number of nitrogens with zero attached hydrogens (tertiary/aromatic N) is 3. The summed E-state index contributed by atoms with van der Waals surface area (Å²) in [7, 11) is 0. The fourth-order valence-electron chi connectivity index (χ4n) is 2.57. The number of pyridine rings is 1. The molecule has 0 aliphatic heterocycles. The molecule has 3 rings (SSSR count). The molecule has 2 heterocycles. The number of rotatable bonds is 6. The van der Waals surface area contributed by atoms with Crippen molar-refractivity contribution in [3.63, 3.8) is 0 Å². The van der Waals surface area contributed by atoms with Gasteiger partial charge in [0.1, 0.15) is 12.4 Å². The van der Waals surface area contributed by atoms with Gasteiger partial charge in [0, 0.05) is 24.5 Å². The van der Waals surface area contributed by atoms with Crippen LogP contribution < -0.4 is 10.6 Å². The van der Waals surface area contributed by atoms with Crippen LogP contribution in [0.1, 0.15) is 16.1 Å². The smallest absolute Gasteiger partial charge is 0.435 e. The maximum absolute atomic E-state index is 13.5. The molecule has 0 aliphatic carbocycles. The van der Waals surface area contributed by atoms with Gasteiger partial charge in [0.15, 0.2) is 23.1 Å². The average Bonchev–Trinajstić information content (AvgIpc) is 3.21. The zero-order chi connectivity index (χ0) is 25.0. The Morgan fingerprint density at radius 1 is 1.12 bits per heavy atom. The second-order valence-electron chi connectivity index (χ2n) is 6.41. The molecule has 0 radical (unpaired) electrons. The molecule has 0 saturated heterocycles. The van der Waals surface area contributed by atoms with E-state index in [2.05, 4.69) is 20.1 Å². The van der Waals surface area contributed by atoms with Crippen LogP contribution in [0.15, 0.2) is 36.7 Å². The lowest BCUT2D eigenvalue weighted by Crippen LogP contribution is -2.30. The van der Waals surface area contributed by atoms with Crippen molar-refractivity contribution in [1.82, 2.24) is 20.1 Å². The summed E-state index contributed by atoms with van der Waals surface area (Å²) in [6, 6.07) is 3.41. The van der Waals surface area contributed by atoms with Gasteiger partial charge in [-0.1, -0.05) is 11.6 Å². The number of ether oxygens (including phenoxy) is 1. The Hall–Kier alpha value is -3.81. The minimum Gasteiger partial charge on any atom is -0.447 e. The topological polar surface area (TPSA) is 98.1 Å². The number of amides is 2. The first-order valence-corrected chi connectivity index (χ1v) is 9.49. The molecule has 1 aromatic carbocycles. The predicted molar refractivity (Wildman–Crippen MR) is 105 cm³/mol. The fourth-order valence-corrected chi connectivity index (χ4v) is 2.78. The molecule has 0 fully saturated rings. The predicted octanol–water partition coefficient (Wildman–Crippen LogP) is 4.34. The summed E-state index contributed by atoms with van der Waals surface area (Å²) in [6.45, 7) is -0.996. The Kier molecular flexibility index (Phi) is 7.29. The second-order valence-corrected chi connectivity index (χ2v) is 6.81. The zero-order valence-electron chi connectivity index (χ0n) is 16.6. The monoisotopic (exact) mass is 507 g/mol. The summed E-state index contributed by atoms with van der Waals surface area (Å²) < 4.78 is 84.9. The quantitative estimate of drug-likeness (QED) is 0.294. The van der Waals surface area contributed by atoms with Crippen molar-refractivity contribution < 1.29 is 40.7 Å². The van der Waals surface area contributed by atoms with E-state index in [1.165, 1.54) is 18.3 Å². The number of alkyl halides is 3. The van der Waals surface area contributed by atoms with Gasteiger partial charge in [-0.05, 0) is 12.1 Å². The average molecular weight is 508 g/mol. The number of benzene rings is 1. The first-order valence-electron chi connectivity index (χ1n) is 9.11. The molecule has 8 nitrogen and oxygen atoms in total. The van der Waals surface area contributed by atoms with E-state index < -0.39 is 65.7 Å². The molecule has 3 aromatic rings. The minimum absolute atomic E-state index is 0.0115. The molecule has 0 spiro atoms. The van der Waals surface area contributed by atoms with E-state index in [-0.39, 0.29) is 16.9 Å². The number of hydrogen-bond donors (Lipinski definition) is 2. The summed E-state index contributed by atoms with van der Waals surface area (Å²) >= 11 is 5.91. The first-order chi connectivity index (χ1) is 16.0. The van der Waals surface area contributed by atoms with Gasteiger partial charge in [-0.15, -0.1) is 0 Å². The zero-order valence-corrected chi connectivity index (χ0v) is 17.3. The van der Waals surface area contributed by atoms with E-state index >= 15 is 0 Å². The lowest BCUT2D eigenvalue weighted by molar-refractivity contribution is -0.141. The normalized spacial score (nSPS) is 11.3. The Balaban J connectivity index is 1.62. The van der Waals surface area contributed by atoms with Gasteiger partial charge in [-0.2, -0.15) is 18.3 Å². The first kappa shape index (κ1) is 24.8. The van der Waals surface area contributed by atoms with Gasteiger partial charge in [-0.25, -0.2) is 27.6 Å². The maximum atomic E-state index is 13.5. The summed E-state index contributed by atoms with van der Waals surface area (Å²) in [5, 5.41) is 7.26. The summed E-state index contributed by atoms with van der Waals surface area (Å²) in [6.07, 6.45) is -4.21. The summed E-state index contributed by atoms with van der Waals surface area (Å²) in [5.41, 5.74) is -3.05. The Labute approximate surface area is 191 Å². The third-order valence-corrected chi connectivity index (χ3v) is 4.35. The van der Waals surface area contributed by atoms with Crippen LogP contribution >= 0.6 is 11.6 Å².